The van der Waals surface area contributed by atoms with Gasteiger partial charge in [-0.15, -0.1) is 11.8 Å². The van der Waals surface area contributed by atoms with Crippen molar-refractivity contribution in [3.8, 4) is 5.75 Å². The Morgan fingerprint density at radius 3 is 2.60 bits per heavy atom. The lowest BCUT2D eigenvalue weighted by Crippen LogP contribution is -1.80. The van der Waals surface area contributed by atoms with Crippen molar-refractivity contribution in [2.45, 2.75) is 4.90 Å². The average molecular weight is 157 g/mol. The molecule has 0 aromatic heterocycles. The van der Waals surface area contributed by atoms with Crippen LogP contribution in [0.15, 0.2) is 29.2 Å². The second kappa shape index (κ2) is 3.52. The van der Waals surface area contributed by atoms with Crippen LogP contribution in [0.5, 0.6) is 5.75 Å². The largest absolute Gasteiger partial charge is 0.497 e. The summed E-state index contributed by atoms with van der Waals surface area (Å²) in [5, 5.41) is 0. The summed E-state index contributed by atoms with van der Waals surface area (Å²) in [4.78, 5) is 0.723. The fourth-order valence-corrected chi connectivity index (χ4v) is 0.916. The molecule has 0 spiro atoms. The van der Waals surface area contributed by atoms with Crippen molar-refractivity contribution in [2.75, 3.05) is 13.3 Å². The Labute approximate surface area is 69.6 Å². The van der Waals surface area contributed by atoms with E-state index in [0.29, 0.717) is 0 Å². The zero-order valence-electron chi connectivity index (χ0n) is 8.63. The highest BCUT2D eigenvalue weighted by Gasteiger charge is 1.89. The summed E-state index contributed by atoms with van der Waals surface area (Å²) < 4.78 is 26.0. The first-order chi connectivity index (χ1) is 6.01. The van der Waals surface area contributed by atoms with Gasteiger partial charge in [0.05, 0.1) is 7.11 Å². The van der Waals surface area contributed by atoms with Crippen molar-refractivity contribution in [3.05, 3.63) is 24.3 Å². The van der Waals surface area contributed by atoms with Crippen molar-refractivity contribution in [3.63, 3.8) is 0 Å². The lowest BCUT2D eigenvalue weighted by atomic mass is 10.3. The standard InChI is InChI=1S/C8H10OS/c1-9-7-3-5-8(10-2)6-4-7/h3-6H,1-2H3/i2D3. The summed E-state index contributed by atoms with van der Waals surface area (Å²) in [6.07, 6.45) is -1.98. The maximum atomic E-state index is 7.03. The Hall–Kier alpha value is -0.630. The first-order valence-corrected chi connectivity index (χ1v) is 3.66. The predicted molar refractivity (Wildman–Crippen MR) is 44.8 cm³/mol. The summed E-state index contributed by atoms with van der Waals surface area (Å²) in [6.45, 7) is 0. The van der Waals surface area contributed by atoms with E-state index in [-0.39, 0.29) is 0 Å². The minimum absolute atomic E-state index is 0.723. The maximum Gasteiger partial charge on any atom is 0.118 e. The highest BCUT2D eigenvalue weighted by molar-refractivity contribution is 7.98. The van der Waals surface area contributed by atoms with E-state index in [4.69, 9.17) is 8.85 Å². The average Bonchev–Trinajstić information content (AvgIpc) is 2.03. The van der Waals surface area contributed by atoms with Gasteiger partial charge in [0, 0.05) is 9.01 Å². The lowest BCUT2D eigenvalue weighted by Gasteiger charge is -1.98. The summed E-state index contributed by atoms with van der Waals surface area (Å²) in [6, 6.07) is 6.95. The third kappa shape index (κ3) is 1.67. The highest BCUT2D eigenvalue weighted by atomic mass is 32.2. The van der Waals surface area contributed by atoms with Gasteiger partial charge >= 0.3 is 0 Å². The molecule has 10 heavy (non-hydrogen) atoms. The quantitative estimate of drug-likeness (QED) is 0.610. The molecule has 1 rings (SSSR count). The molecular weight excluding hydrogens is 144 g/mol. The summed E-state index contributed by atoms with van der Waals surface area (Å²) in [7, 11) is 1.58. The summed E-state index contributed by atoms with van der Waals surface area (Å²) in [5.74, 6) is 0.731. The van der Waals surface area contributed by atoms with Gasteiger partial charge in [-0.1, -0.05) is 0 Å². The Balaban J connectivity index is 2.70. The first-order valence-electron chi connectivity index (χ1n) is 4.34. The monoisotopic (exact) mass is 157 g/mol. The topological polar surface area (TPSA) is 9.23 Å². The Bertz CT molecular complexity index is 268. The van der Waals surface area contributed by atoms with Gasteiger partial charge in [0.25, 0.3) is 0 Å². The molecule has 0 aliphatic carbocycles. The van der Waals surface area contributed by atoms with Crippen molar-refractivity contribution >= 4 is 11.8 Å². The van der Waals surface area contributed by atoms with Crippen LogP contribution in [0.25, 0.3) is 0 Å². The Morgan fingerprint density at radius 2 is 2.10 bits per heavy atom. The smallest absolute Gasteiger partial charge is 0.118 e. The van der Waals surface area contributed by atoms with Gasteiger partial charge in [-0.05, 0) is 30.4 Å². The fraction of sp³-hybridized carbons (Fsp3) is 0.250. The first kappa shape index (κ1) is 4.29. The predicted octanol–water partition coefficient (Wildman–Crippen LogP) is 2.42. The number of methoxy groups -OCH3 is 1. The molecule has 0 heterocycles. The van der Waals surface area contributed by atoms with E-state index < -0.39 is 6.18 Å². The molecule has 2 heteroatoms. The Morgan fingerprint density at radius 1 is 1.40 bits per heavy atom. The molecule has 0 saturated carbocycles. The maximum absolute atomic E-state index is 7.03. The molecule has 0 atom stereocenters. The molecule has 0 bridgehead atoms. The van der Waals surface area contributed by atoms with Gasteiger partial charge < -0.3 is 4.74 Å². The van der Waals surface area contributed by atoms with Crippen LogP contribution in [-0.4, -0.2) is 13.3 Å². The van der Waals surface area contributed by atoms with Crippen LogP contribution < -0.4 is 4.74 Å². The SMILES string of the molecule is [2H]C([2H])([2H])Sc1ccc(OC)cc1. The fourth-order valence-electron chi connectivity index (χ4n) is 0.644. The van der Waals surface area contributed by atoms with Gasteiger partial charge in [-0.25, -0.2) is 0 Å². The number of ether oxygens (including phenoxy) is 1. The van der Waals surface area contributed by atoms with Gasteiger partial charge in [-0.3, -0.25) is 0 Å². The third-order valence-electron chi connectivity index (χ3n) is 1.18. The second-order valence-corrected chi connectivity index (χ2v) is 2.45. The van der Waals surface area contributed by atoms with Crippen LogP contribution in [0, 0.1) is 0 Å². The normalized spacial score (nSPS) is 15.1. The molecule has 0 amide bonds. The minimum Gasteiger partial charge on any atom is -0.497 e. The van der Waals surface area contributed by atoms with Crippen molar-refractivity contribution < 1.29 is 8.85 Å². The van der Waals surface area contributed by atoms with Crippen LogP contribution in [0.2, 0.25) is 0 Å². The van der Waals surface area contributed by atoms with Crippen LogP contribution in [-0.2, 0) is 0 Å². The lowest BCUT2D eigenvalue weighted by molar-refractivity contribution is 0.414. The van der Waals surface area contributed by atoms with E-state index in [1.807, 2.05) is 0 Å². The van der Waals surface area contributed by atoms with Gasteiger partial charge in [-0.2, -0.15) is 0 Å². The second-order valence-electron chi connectivity index (χ2n) is 1.78. The molecule has 0 aliphatic rings. The molecule has 0 aliphatic heterocycles. The number of rotatable bonds is 2. The number of benzene rings is 1. The number of hydrogen-bond acceptors (Lipinski definition) is 2. The zero-order chi connectivity index (χ0) is 9.90. The molecule has 1 aromatic rings. The Kier molecular flexibility index (Phi) is 1.51. The van der Waals surface area contributed by atoms with Crippen LogP contribution >= 0.6 is 11.8 Å². The molecule has 0 radical (unpaired) electrons. The van der Waals surface area contributed by atoms with Crippen LogP contribution in [0.4, 0.5) is 0 Å². The minimum atomic E-state index is -1.98. The zero-order valence-corrected chi connectivity index (χ0v) is 6.44. The van der Waals surface area contributed by atoms with Crippen LogP contribution in [0.3, 0.4) is 0 Å². The van der Waals surface area contributed by atoms with Gasteiger partial charge in [0.15, 0.2) is 0 Å². The van der Waals surface area contributed by atoms with Crippen molar-refractivity contribution in [1.82, 2.24) is 0 Å². The number of thioether (sulfide) groups is 1. The van der Waals surface area contributed by atoms with E-state index in [2.05, 4.69) is 0 Å². The molecule has 1 nitrogen and oxygen atoms in total. The van der Waals surface area contributed by atoms with Crippen LogP contribution in [0.1, 0.15) is 4.11 Å². The molecule has 0 unspecified atom stereocenters. The van der Waals surface area contributed by atoms with Gasteiger partial charge in [0.2, 0.25) is 0 Å². The molecular formula is C8H10OS. The molecule has 0 fully saturated rings. The third-order valence-corrected chi connectivity index (χ3v) is 1.69. The summed E-state index contributed by atoms with van der Waals surface area (Å²) >= 11 is 0.864. The summed E-state index contributed by atoms with van der Waals surface area (Å²) in [5.41, 5.74) is 0. The molecule has 0 saturated heterocycles. The van der Waals surface area contributed by atoms with Gasteiger partial charge in [0.1, 0.15) is 5.75 Å². The van der Waals surface area contributed by atoms with E-state index in [9.17, 15) is 0 Å². The molecule has 0 N–H and O–H groups in total. The van der Waals surface area contributed by atoms with E-state index in [0.717, 1.165) is 22.4 Å². The van der Waals surface area contributed by atoms with Crippen molar-refractivity contribution in [1.29, 1.82) is 0 Å². The molecule has 54 valence electrons. The highest BCUT2D eigenvalue weighted by Crippen LogP contribution is 2.18. The number of hydrogen-bond donors (Lipinski definition) is 0. The van der Waals surface area contributed by atoms with E-state index in [1.54, 1.807) is 31.4 Å². The molecule has 1 aromatic carbocycles. The van der Waals surface area contributed by atoms with E-state index in [1.165, 1.54) is 0 Å². The van der Waals surface area contributed by atoms with E-state index >= 15 is 0 Å². The van der Waals surface area contributed by atoms with Crippen molar-refractivity contribution in [2.24, 2.45) is 0 Å².